The lowest BCUT2D eigenvalue weighted by molar-refractivity contribution is -0.118. The fraction of sp³-hybridized carbons (Fsp3) is 0.440. The van der Waals surface area contributed by atoms with Crippen LogP contribution in [0.1, 0.15) is 37.8 Å². The van der Waals surface area contributed by atoms with E-state index >= 15 is 0 Å². The number of anilines is 1. The number of hydrogen-bond acceptors (Lipinski definition) is 6. The van der Waals surface area contributed by atoms with E-state index in [2.05, 4.69) is 30.9 Å². The molecule has 1 heterocycles. The van der Waals surface area contributed by atoms with Crippen molar-refractivity contribution in [3.05, 3.63) is 53.3 Å². The maximum absolute atomic E-state index is 13.3. The average molecular weight is 506 g/mol. The molecular weight excluding hydrogens is 473 g/mol. The third-order valence-electron chi connectivity index (χ3n) is 5.86. The number of sulfone groups is 1. The van der Waals surface area contributed by atoms with Gasteiger partial charge in [0.2, 0.25) is 5.91 Å². The lowest BCUT2D eigenvalue weighted by Gasteiger charge is -2.24. The van der Waals surface area contributed by atoms with Crippen molar-refractivity contribution >= 4 is 42.4 Å². The summed E-state index contributed by atoms with van der Waals surface area (Å²) in [7, 11) is -3.59. The number of halogens is 1. The van der Waals surface area contributed by atoms with Crippen LogP contribution >= 0.6 is 11.3 Å². The zero-order valence-corrected chi connectivity index (χ0v) is 21.8. The summed E-state index contributed by atoms with van der Waals surface area (Å²) in [6, 6.07) is 8.93. The Morgan fingerprint density at radius 3 is 2.38 bits per heavy atom. The third kappa shape index (κ3) is 6.40. The Hall–Kier alpha value is -2.36. The number of carbonyl (C=O) groups excluding carboxylic acids is 1. The highest BCUT2D eigenvalue weighted by Crippen LogP contribution is 2.32. The van der Waals surface area contributed by atoms with Crippen LogP contribution in [0.2, 0.25) is 0 Å². The van der Waals surface area contributed by atoms with Crippen LogP contribution in [-0.4, -0.2) is 56.1 Å². The number of carbonyl (C=O) groups is 1. The average Bonchev–Trinajstić information content (AvgIpc) is 3.21. The van der Waals surface area contributed by atoms with Gasteiger partial charge < -0.3 is 4.90 Å². The van der Waals surface area contributed by atoms with E-state index in [9.17, 15) is 17.6 Å². The van der Waals surface area contributed by atoms with Gasteiger partial charge in [0.05, 0.1) is 20.9 Å². The van der Waals surface area contributed by atoms with Gasteiger partial charge in [0.25, 0.3) is 0 Å². The third-order valence-corrected chi connectivity index (χ3v) is 8.70. The van der Waals surface area contributed by atoms with E-state index in [-0.39, 0.29) is 29.4 Å². The summed E-state index contributed by atoms with van der Waals surface area (Å²) < 4.78 is 39.3. The van der Waals surface area contributed by atoms with Gasteiger partial charge >= 0.3 is 0 Å². The van der Waals surface area contributed by atoms with E-state index in [1.165, 1.54) is 23.5 Å². The van der Waals surface area contributed by atoms with Crippen molar-refractivity contribution in [2.45, 2.75) is 45.4 Å². The van der Waals surface area contributed by atoms with Gasteiger partial charge in [-0.3, -0.25) is 9.69 Å². The highest BCUT2D eigenvalue weighted by Gasteiger charge is 2.22. The van der Waals surface area contributed by atoms with Crippen LogP contribution in [0.3, 0.4) is 0 Å². The second kappa shape index (κ2) is 11.4. The lowest BCUT2D eigenvalue weighted by Crippen LogP contribution is -2.38. The SMILES string of the molecule is CCN(CC)CCN(C(=O)CCCS(=O)(=O)c1ccc(F)cc1)c1nc2c(C)cc(C)cc2s1. The van der Waals surface area contributed by atoms with E-state index in [1.807, 2.05) is 13.8 Å². The van der Waals surface area contributed by atoms with Gasteiger partial charge in [0, 0.05) is 19.5 Å². The van der Waals surface area contributed by atoms with Crippen molar-refractivity contribution in [3.63, 3.8) is 0 Å². The Morgan fingerprint density at radius 1 is 1.06 bits per heavy atom. The van der Waals surface area contributed by atoms with Crippen molar-refractivity contribution in [1.29, 1.82) is 0 Å². The van der Waals surface area contributed by atoms with Crippen LogP contribution < -0.4 is 4.90 Å². The van der Waals surface area contributed by atoms with Crippen LogP contribution in [0.4, 0.5) is 9.52 Å². The first-order valence-corrected chi connectivity index (χ1v) is 14.0. The molecule has 1 aromatic heterocycles. The molecule has 3 rings (SSSR count). The molecule has 3 aromatic rings. The van der Waals surface area contributed by atoms with Gasteiger partial charge in [-0.25, -0.2) is 17.8 Å². The van der Waals surface area contributed by atoms with Crippen molar-refractivity contribution in [3.8, 4) is 0 Å². The molecule has 0 unspecified atom stereocenters. The van der Waals surface area contributed by atoms with Crippen molar-refractivity contribution in [1.82, 2.24) is 9.88 Å². The molecule has 0 aliphatic rings. The number of rotatable bonds is 11. The topological polar surface area (TPSA) is 70.6 Å². The molecule has 0 atom stereocenters. The normalized spacial score (nSPS) is 11.9. The first kappa shape index (κ1) is 26.2. The summed E-state index contributed by atoms with van der Waals surface area (Å²) in [4.78, 5) is 22.0. The quantitative estimate of drug-likeness (QED) is 0.344. The second-order valence-corrected chi connectivity index (χ2v) is 11.5. The number of benzene rings is 2. The summed E-state index contributed by atoms with van der Waals surface area (Å²) in [6.07, 6.45) is 0.274. The smallest absolute Gasteiger partial charge is 0.228 e. The van der Waals surface area contributed by atoms with E-state index < -0.39 is 15.7 Å². The number of fused-ring (bicyclic) bond motifs is 1. The van der Waals surface area contributed by atoms with Crippen LogP contribution in [0.15, 0.2) is 41.3 Å². The van der Waals surface area contributed by atoms with E-state index in [0.29, 0.717) is 18.2 Å². The molecule has 2 aromatic carbocycles. The van der Waals surface area contributed by atoms with Gasteiger partial charge in [-0.05, 0) is 74.8 Å². The molecule has 0 bridgehead atoms. The Bertz CT molecular complexity index is 1240. The minimum Gasteiger partial charge on any atom is -0.302 e. The molecule has 0 aliphatic heterocycles. The number of aromatic nitrogens is 1. The second-order valence-electron chi connectivity index (χ2n) is 8.37. The summed E-state index contributed by atoms with van der Waals surface area (Å²) in [5.74, 6) is -0.805. The Labute approximate surface area is 205 Å². The monoisotopic (exact) mass is 505 g/mol. The maximum atomic E-state index is 13.3. The van der Waals surface area contributed by atoms with Gasteiger partial charge in [-0.15, -0.1) is 0 Å². The van der Waals surface area contributed by atoms with Gasteiger partial charge in [-0.1, -0.05) is 31.3 Å². The first-order valence-electron chi connectivity index (χ1n) is 11.5. The standard InChI is InChI=1S/C25H32FN3O3S2/c1-5-28(6-2)13-14-29(25-27-24-19(4)16-18(3)17-22(24)33-25)23(30)8-7-15-34(31,32)21-11-9-20(26)10-12-21/h9-12,16-17H,5-8,13-15H2,1-4H3. The zero-order valence-electron chi connectivity index (χ0n) is 20.2. The van der Waals surface area contributed by atoms with Gasteiger partial charge in [0.1, 0.15) is 5.82 Å². The molecule has 9 heteroatoms. The zero-order chi connectivity index (χ0) is 24.9. The lowest BCUT2D eigenvalue weighted by atomic mass is 10.1. The maximum Gasteiger partial charge on any atom is 0.228 e. The Kier molecular flexibility index (Phi) is 8.78. The van der Waals surface area contributed by atoms with E-state index in [1.54, 1.807) is 4.90 Å². The van der Waals surface area contributed by atoms with Crippen LogP contribution in [0.25, 0.3) is 10.2 Å². The predicted molar refractivity (Wildman–Crippen MR) is 137 cm³/mol. The highest BCUT2D eigenvalue weighted by atomic mass is 32.2. The fourth-order valence-corrected chi connectivity index (χ4v) is 6.39. The molecule has 1 amide bonds. The molecule has 34 heavy (non-hydrogen) atoms. The van der Waals surface area contributed by atoms with Crippen LogP contribution in [-0.2, 0) is 14.6 Å². The molecule has 6 nitrogen and oxygen atoms in total. The minimum absolute atomic E-state index is 0.0664. The first-order chi connectivity index (χ1) is 16.1. The van der Waals surface area contributed by atoms with E-state index in [4.69, 9.17) is 4.98 Å². The summed E-state index contributed by atoms with van der Waals surface area (Å²) in [5.41, 5.74) is 3.11. The fourth-order valence-electron chi connectivity index (χ4n) is 3.89. The number of hydrogen-bond donors (Lipinski definition) is 0. The molecule has 0 saturated heterocycles. The number of likely N-dealkylation sites (N-methyl/N-ethyl adjacent to an activating group) is 1. The molecule has 0 radical (unpaired) electrons. The molecule has 0 spiro atoms. The van der Waals surface area contributed by atoms with Crippen LogP contribution in [0, 0.1) is 19.7 Å². The number of aryl methyl sites for hydroxylation is 2. The largest absolute Gasteiger partial charge is 0.302 e. The molecule has 0 saturated carbocycles. The van der Waals surface area contributed by atoms with Crippen molar-refractivity contribution < 1.29 is 17.6 Å². The summed E-state index contributed by atoms with van der Waals surface area (Å²) in [5, 5.41) is 0.641. The highest BCUT2D eigenvalue weighted by molar-refractivity contribution is 7.91. The predicted octanol–water partition coefficient (Wildman–Crippen LogP) is 4.98. The van der Waals surface area contributed by atoms with Gasteiger partial charge in [-0.2, -0.15) is 0 Å². The summed E-state index contributed by atoms with van der Waals surface area (Å²) >= 11 is 1.49. The Balaban J connectivity index is 1.77. The van der Waals surface area contributed by atoms with E-state index in [0.717, 1.165) is 46.6 Å². The summed E-state index contributed by atoms with van der Waals surface area (Å²) in [6.45, 7) is 11.2. The van der Waals surface area contributed by atoms with Crippen molar-refractivity contribution in [2.24, 2.45) is 0 Å². The van der Waals surface area contributed by atoms with Gasteiger partial charge in [0.15, 0.2) is 15.0 Å². The van der Waals surface area contributed by atoms with Crippen LogP contribution in [0.5, 0.6) is 0 Å². The molecular formula is C25H32FN3O3S2. The minimum atomic E-state index is -3.59. The van der Waals surface area contributed by atoms with Crippen molar-refractivity contribution in [2.75, 3.05) is 36.8 Å². The number of amides is 1. The number of nitrogens with zero attached hydrogens (tertiary/aromatic N) is 3. The molecule has 0 fully saturated rings. The molecule has 0 aliphatic carbocycles. The Morgan fingerprint density at radius 2 is 1.74 bits per heavy atom. The molecule has 184 valence electrons. The number of thiazole rings is 1. The molecule has 0 N–H and O–H groups in total.